The van der Waals surface area contributed by atoms with Crippen LogP contribution in [0.25, 0.3) is 0 Å². The second-order valence-electron chi connectivity index (χ2n) is 1.98. The van der Waals surface area contributed by atoms with Gasteiger partial charge in [-0.2, -0.15) is 0 Å². The monoisotopic (exact) mass is 152 g/mol. The molecule has 58 valence electrons. The molecule has 1 heterocycles. The van der Waals surface area contributed by atoms with Gasteiger partial charge in [0.25, 0.3) is 0 Å². The number of ether oxygens (including phenoxy) is 1. The van der Waals surface area contributed by atoms with E-state index in [4.69, 9.17) is 0 Å². The summed E-state index contributed by atoms with van der Waals surface area (Å²) in [4.78, 5) is 18.4. The quantitative estimate of drug-likeness (QED) is 0.585. The third kappa shape index (κ3) is 2.09. The van der Waals surface area contributed by atoms with Crippen LogP contribution < -0.4 is 0 Å². The van der Waals surface area contributed by atoms with Crippen LogP contribution in [-0.2, 0) is 4.74 Å². The first kappa shape index (κ1) is 7.81. The molecule has 0 aliphatic carbocycles. The number of hydrogen-bond acceptors (Lipinski definition) is 4. The fourth-order valence-corrected chi connectivity index (χ4v) is 0.658. The number of Topliss-reactive ketones (excluding diaryl/α,β-unsaturated/α-hetero) is 1. The molecule has 0 fully saturated rings. The molecule has 1 aromatic rings. The van der Waals surface area contributed by atoms with Gasteiger partial charge in [0.05, 0.1) is 5.56 Å². The second kappa shape index (κ2) is 3.78. The van der Waals surface area contributed by atoms with Crippen molar-refractivity contribution < 1.29 is 9.53 Å². The first-order valence-corrected chi connectivity index (χ1v) is 3.11. The highest BCUT2D eigenvalue weighted by molar-refractivity contribution is 5.96. The maximum atomic E-state index is 11.0. The smallest absolute Gasteiger partial charge is 0.191 e. The van der Waals surface area contributed by atoms with Crippen LogP contribution in [0.2, 0.25) is 0 Å². The Balaban J connectivity index is 2.69. The molecule has 4 heteroatoms. The van der Waals surface area contributed by atoms with Crippen LogP contribution in [0.15, 0.2) is 18.7 Å². The van der Waals surface area contributed by atoms with Gasteiger partial charge in [-0.1, -0.05) is 0 Å². The minimum atomic E-state index is -0.104. The number of methoxy groups -OCH3 is 1. The Labute approximate surface area is 64.2 Å². The number of carbonyl (C=O) groups excluding carboxylic acids is 1. The number of hydrogen-bond donors (Lipinski definition) is 0. The number of rotatable bonds is 3. The number of aromatic nitrogens is 2. The molecule has 0 atom stereocenters. The molecule has 0 saturated heterocycles. The first-order chi connectivity index (χ1) is 5.34. The predicted octanol–water partition coefficient (Wildman–Crippen LogP) is 0.306. The summed E-state index contributed by atoms with van der Waals surface area (Å²) in [5.74, 6) is -0.104. The lowest BCUT2D eigenvalue weighted by Gasteiger charge is -1.95. The van der Waals surface area contributed by atoms with E-state index in [9.17, 15) is 4.79 Å². The van der Waals surface area contributed by atoms with Gasteiger partial charge in [-0.25, -0.2) is 9.97 Å². The van der Waals surface area contributed by atoms with Crippen LogP contribution in [0, 0.1) is 0 Å². The van der Waals surface area contributed by atoms with Gasteiger partial charge in [0.2, 0.25) is 0 Å². The molecule has 1 aromatic heterocycles. The first-order valence-electron chi connectivity index (χ1n) is 3.11. The van der Waals surface area contributed by atoms with Gasteiger partial charge < -0.3 is 4.74 Å². The fourth-order valence-electron chi connectivity index (χ4n) is 0.658. The van der Waals surface area contributed by atoms with Crippen molar-refractivity contribution in [1.29, 1.82) is 0 Å². The maximum Gasteiger partial charge on any atom is 0.191 e. The van der Waals surface area contributed by atoms with Gasteiger partial charge in [0.15, 0.2) is 5.78 Å². The Morgan fingerprint density at radius 2 is 2.18 bits per heavy atom. The number of carbonyl (C=O) groups is 1. The molecule has 4 nitrogen and oxygen atoms in total. The Hall–Kier alpha value is -1.29. The van der Waals surface area contributed by atoms with E-state index in [0.29, 0.717) is 5.56 Å². The van der Waals surface area contributed by atoms with Crippen molar-refractivity contribution >= 4 is 5.78 Å². The Morgan fingerprint density at radius 1 is 1.55 bits per heavy atom. The lowest BCUT2D eigenvalue weighted by atomic mass is 10.2. The summed E-state index contributed by atoms with van der Waals surface area (Å²) in [6, 6.07) is 0. The molecule has 1 rings (SSSR count). The Morgan fingerprint density at radius 3 is 2.73 bits per heavy atom. The molecular weight excluding hydrogens is 144 g/mol. The highest BCUT2D eigenvalue weighted by Gasteiger charge is 2.03. The molecular formula is C7H8N2O2. The molecule has 0 N–H and O–H groups in total. The van der Waals surface area contributed by atoms with Gasteiger partial charge in [-0.15, -0.1) is 0 Å². The van der Waals surface area contributed by atoms with Crippen LogP contribution in [-0.4, -0.2) is 29.5 Å². The van der Waals surface area contributed by atoms with E-state index in [-0.39, 0.29) is 12.4 Å². The van der Waals surface area contributed by atoms with Crippen molar-refractivity contribution in [3.05, 3.63) is 24.3 Å². The van der Waals surface area contributed by atoms with Crippen molar-refractivity contribution in [3.8, 4) is 0 Å². The molecule has 0 amide bonds. The predicted molar refractivity (Wildman–Crippen MR) is 38.2 cm³/mol. The summed E-state index contributed by atoms with van der Waals surface area (Å²) >= 11 is 0. The van der Waals surface area contributed by atoms with Crippen LogP contribution in [0.1, 0.15) is 10.4 Å². The lowest BCUT2D eigenvalue weighted by Crippen LogP contribution is -2.07. The molecule has 0 bridgehead atoms. The molecule has 0 saturated carbocycles. The van der Waals surface area contributed by atoms with Gasteiger partial charge in [-0.3, -0.25) is 4.79 Å². The van der Waals surface area contributed by atoms with E-state index in [1.807, 2.05) is 0 Å². The summed E-state index contributed by atoms with van der Waals surface area (Å²) in [5.41, 5.74) is 0.481. The number of nitrogens with zero attached hydrogens (tertiary/aromatic N) is 2. The molecule has 0 aliphatic heterocycles. The van der Waals surface area contributed by atoms with E-state index in [1.165, 1.54) is 25.8 Å². The van der Waals surface area contributed by atoms with Crippen LogP contribution >= 0.6 is 0 Å². The highest BCUT2D eigenvalue weighted by atomic mass is 16.5. The SMILES string of the molecule is COCC(=O)c1cncnc1. The van der Waals surface area contributed by atoms with Gasteiger partial charge in [0, 0.05) is 19.5 Å². The summed E-state index contributed by atoms with van der Waals surface area (Å²) in [6.45, 7) is 0.0768. The van der Waals surface area contributed by atoms with E-state index < -0.39 is 0 Å². The van der Waals surface area contributed by atoms with Crippen molar-refractivity contribution in [2.75, 3.05) is 13.7 Å². The van der Waals surface area contributed by atoms with Crippen molar-refractivity contribution in [2.45, 2.75) is 0 Å². The average Bonchev–Trinajstić information content (AvgIpc) is 2.07. The van der Waals surface area contributed by atoms with E-state index in [2.05, 4.69) is 14.7 Å². The summed E-state index contributed by atoms with van der Waals surface area (Å²) in [5, 5.41) is 0. The molecule has 11 heavy (non-hydrogen) atoms. The molecule has 0 aliphatic rings. The zero-order valence-electron chi connectivity index (χ0n) is 6.15. The zero-order valence-corrected chi connectivity index (χ0v) is 6.15. The average molecular weight is 152 g/mol. The summed E-state index contributed by atoms with van der Waals surface area (Å²) in [6.07, 6.45) is 4.31. The van der Waals surface area contributed by atoms with E-state index >= 15 is 0 Å². The topological polar surface area (TPSA) is 52.1 Å². The minimum absolute atomic E-state index is 0.0768. The van der Waals surface area contributed by atoms with Crippen molar-refractivity contribution in [3.63, 3.8) is 0 Å². The fraction of sp³-hybridized carbons (Fsp3) is 0.286. The summed E-state index contributed by atoms with van der Waals surface area (Å²) in [7, 11) is 1.47. The van der Waals surface area contributed by atoms with Crippen LogP contribution in [0.3, 0.4) is 0 Å². The van der Waals surface area contributed by atoms with Gasteiger partial charge >= 0.3 is 0 Å². The largest absolute Gasteiger partial charge is 0.377 e. The zero-order chi connectivity index (χ0) is 8.10. The van der Waals surface area contributed by atoms with E-state index in [0.717, 1.165) is 0 Å². The van der Waals surface area contributed by atoms with Crippen molar-refractivity contribution in [1.82, 2.24) is 9.97 Å². The Bertz CT molecular complexity index is 235. The molecule has 0 unspecified atom stereocenters. The van der Waals surface area contributed by atoms with Crippen LogP contribution in [0.5, 0.6) is 0 Å². The molecule has 0 aromatic carbocycles. The van der Waals surface area contributed by atoms with Gasteiger partial charge in [-0.05, 0) is 0 Å². The second-order valence-corrected chi connectivity index (χ2v) is 1.98. The molecule has 0 spiro atoms. The van der Waals surface area contributed by atoms with Crippen LogP contribution in [0.4, 0.5) is 0 Å². The van der Waals surface area contributed by atoms with Crippen molar-refractivity contribution in [2.24, 2.45) is 0 Å². The number of ketones is 1. The maximum absolute atomic E-state index is 11.0. The van der Waals surface area contributed by atoms with Gasteiger partial charge in [0.1, 0.15) is 12.9 Å². The summed E-state index contributed by atoms with van der Waals surface area (Å²) < 4.78 is 4.65. The third-order valence-electron chi connectivity index (χ3n) is 1.16. The normalized spacial score (nSPS) is 9.55. The minimum Gasteiger partial charge on any atom is -0.377 e. The highest BCUT2D eigenvalue weighted by Crippen LogP contribution is 1.94. The standard InChI is InChI=1S/C7H8N2O2/c1-11-4-7(10)6-2-8-5-9-3-6/h2-3,5H,4H2,1H3. The third-order valence-corrected chi connectivity index (χ3v) is 1.16. The Kier molecular flexibility index (Phi) is 2.68. The lowest BCUT2D eigenvalue weighted by molar-refractivity contribution is 0.0847. The van der Waals surface area contributed by atoms with E-state index in [1.54, 1.807) is 0 Å². The molecule has 0 radical (unpaired) electrons.